The number of fused-ring (bicyclic) bond motifs is 3. The van der Waals surface area contributed by atoms with Gasteiger partial charge in [0, 0.05) is 54.0 Å². The molecule has 4 aromatic rings. The minimum atomic E-state index is -0.377. The third kappa shape index (κ3) is 7.24. The summed E-state index contributed by atoms with van der Waals surface area (Å²) in [5, 5.41) is 12.9. The van der Waals surface area contributed by atoms with Crippen LogP contribution in [-0.2, 0) is 24.9 Å². The molecule has 0 aliphatic heterocycles. The Morgan fingerprint density at radius 1 is 0.921 bits per heavy atom. The Morgan fingerprint density at radius 3 is 2.21 bits per heavy atom. The van der Waals surface area contributed by atoms with Crippen LogP contribution in [0.1, 0.15) is 54.4 Å². The van der Waals surface area contributed by atoms with E-state index in [-0.39, 0.29) is 48.3 Å². The maximum atomic E-state index is 13.9. The van der Waals surface area contributed by atoms with Crippen LogP contribution in [0, 0.1) is 22.7 Å². The summed E-state index contributed by atoms with van der Waals surface area (Å²) in [6.07, 6.45) is 6.26. The van der Waals surface area contributed by atoms with Crippen molar-refractivity contribution in [2.45, 2.75) is 54.4 Å². The van der Waals surface area contributed by atoms with Crippen LogP contribution in [0.2, 0.25) is 0 Å². The Kier molecular flexibility index (Phi) is 10.7. The number of nitrogens with zero attached hydrogens (tertiary/aromatic N) is 2. The van der Waals surface area contributed by atoms with Crippen LogP contribution in [0.5, 0.6) is 11.8 Å². The van der Waals surface area contributed by atoms with Gasteiger partial charge in [0.15, 0.2) is 5.78 Å². The van der Waals surface area contributed by atoms with Gasteiger partial charge in [-0.25, -0.2) is 15.4 Å². The van der Waals surface area contributed by atoms with Gasteiger partial charge < -0.3 is 9.84 Å². The summed E-state index contributed by atoms with van der Waals surface area (Å²) in [5.41, 5.74) is -0.683. The van der Waals surface area contributed by atoms with E-state index in [1.165, 1.54) is 12.1 Å². The van der Waals surface area contributed by atoms with Gasteiger partial charge in [-0.1, -0.05) is 65.9 Å². The van der Waals surface area contributed by atoms with Gasteiger partial charge in [-0.15, -0.1) is 0 Å². The van der Waals surface area contributed by atoms with E-state index in [1.807, 2.05) is 59.7 Å². The van der Waals surface area contributed by atoms with Crippen LogP contribution in [0.4, 0.5) is 4.39 Å². The summed E-state index contributed by atoms with van der Waals surface area (Å²) in [7, 11) is 0. The van der Waals surface area contributed by atoms with Crippen LogP contribution >= 0.6 is 0 Å². The molecule has 0 aliphatic rings. The molecule has 2 aromatic carbocycles. The minimum Gasteiger partial charge on any atom is -0.512 e. The molecule has 0 saturated heterocycles. The number of ether oxygens (including phenoxy) is 1. The second-order valence-electron chi connectivity index (χ2n) is 10.2. The number of halogens is 1. The first-order valence-electron chi connectivity index (χ1n) is 12.4. The topological polar surface area (TPSA) is 72.3 Å². The first-order chi connectivity index (χ1) is 17.5. The zero-order chi connectivity index (χ0) is 27.2. The van der Waals surface area contributed by atoms with Crippen molar-refractivity contribution < 1.29 is 39.1 Å². The van der Waals surface area contributed by atoms with E-state index in [2.05, 4.69) is 16.0 Å². The molecule has 0 bridgehead atoms. The number of hydrogen-bond donors (Lipinski definition) is 1. The second kappa shape index (κ2) is 13.1. The fourth-order valence-corrected chi connectivity index (χ4v) is 3.37. The SMILES string of the molecule is CCC(C)(C)C(=O)/C=C(\O)C(C)(C)CC.Fc1cccc2c1ccc1c(Oc3[c-]cccn3)nccc12.[Ir]. The van der Waals surface area contributed by atoms with Gasteiger partial charge in [0.1, 0.15) is 17.5 Å². The van der Waals surface area contributed by atoms with Crippen molar-refractivity contribution in [2.75, 3.05) is 0 Å². The smallest absolute Gasteiger partial charge is 0.227 e. The summed E-state index contributed by atoms with van der Waals surface area (Å²) in [6, 6.07) is 16.8. The van der Waals surface area contributed by atoms with Crippen molar-refractivity contribution in [1.82, 2.24) is 9.97 Å². The summed E-state index contributed by atoms with van der Waals surface area (Å²) in [4.78, 5) is 20.2. The minimum absolute atomic E-state index is 0. The standard InChI is InChI=1S/C18H10FN2O.C13H24O2.Ir/c19-16-5-3-4-12-13-9-11-21-18(15(13)8-7-14(12)16)22-17-6-1-2-10-20-17;1-7-12(3,4)10(14)9-11(15)13(5,6)8-2;/h1-5,7-11H;9,14H,7-8H2,1-6H3;/q-1;;/b;10-9-;. The van der Waals surface area contributed by atoms with E-state index in [1.54, 1.807) is 36.7 Å². The van der Waals surface area contributed by atoms with Crippen molar-refractivity contribution in [3.05, 3.63) is 84.6 Å². The number of benzene rings is 2. The molecule has 0 atom stereocenters. The number of allylic oxidation sites excluding steroid dienone is 2. The molecule has 0 aliphatic carbocycles. The van der Waals surface area contributed by atoms with Crippen LogP contribution in [0.15, 0.2) is 72.8 Å². The number of carbonyl (C=O) groups is 1. The molecule has 2 aromatic heterocycles. The van der Waals surface area contributed by atoms with E-state index in [0.29, 0.717) is 17.1 Å². The maximum absolute atomic E-state index is 13.9. The number of rotatable bonds is 7. The predicted molar refractivity (Wildman–Crippen MR) is 146 cm³/mol. The van der Waals surface area contributed by atoms with Crippen molar-refractivity contribution in [2.24, 2.45) is 10.8 Å². The summed E-state index contributed by atoms with van der Waals surface area (Å²) in [6.45, 7) is 11.7. The molecule has 1 radical (unpaired) electrons. The van der Waals surface area contributed by atoms with E-state index < -0.39 is 0 Å². The van der Waals surface area contributed by atoms with Gasteiger partial charge in [-0.05, 0) is 41.8 Å². The molecular weight excluding hydrogens is 660 g/mol. The normalized spacial score (nSPS) is 11.9. The van der Waals surface area contributed by atoms with E-state index in [4.69, 9.17) is 4.74 Å². The molecule has 0 spiro atoms. The van der Waals surface area contributed by atoms with Crippen molar-refractivity contribution >= 4 is 27.3 Å². The van der Waals surface area contributed by atoms with Gasteiger partial charge in [0.05, 0.1) is 0 Å². The molecule has 4 rings (SSSR count). The van der Waals surface area contributed by atoms with Crippen LogP contribution < -0.4 is 4.74 Å². The third-order valence-electron chi connectivity index (χ3n) is 6.88. The molecule has 1 N–H and O–H groups in total. The van der Waals surface area contributed by atoms with Gasteiger partial charge in [-0.2, -0.15) is 12.1 Å². The molecule has 0 amide bonds. The number of pyridine rings is 2. The quantitative estimate of drug-likeness (QED) is 0.0912. The van der Waals surface area contributed by atoms with Gasteiger partial charge in [-0.3, -0.25) is 9.78 Å². The summed E-state index contributed by atoms with van der Waals surface area (Å²) >= 11 is 0. The Balaban J connectivity index is 0.000000282. The van der Waals surface area contributed by atoms with Crippen molar-refractivity contribution in [3.8, 4) is 11.8 Å². The number of carbonyl (C=O) groups excluding carboxylic acids is 1. The number of hydrogen-bond acceptors (Lipinski definition) is 5. The predicted octanol–water partition coefficient (Wildman–Crippen LogP) is 8.38. The molecule has 0 saturated carbocycles. The zero-order valence-corrected chi connectivity index (χ0v) is 25.0. The first kappa shape index (κ1) is 31.1. The van der Waals surface area contributed by atoms with E-state index in [9.17, 15) is 14.3 Å². The van der Waals surface area contributed by atoms with Crippen molar-refractivity contribution in [1.29, 1.82) is 0 Å². The van der Waals surface area contributed by atoms with Crippen LogP contribution in [-0.4, -0.2) is 20.9 Å². The molecule has 203 valence electrons. The first-order valence-corrected chi connectivity index (χ1v) is 12.4. The van der Waals surface area contributed by atoms with Crippen LogP contribution in [0.3, 0.4) is 0 Å². The Morgan fingerprint density at radius 2 is 1.58 bits per heavy atom. The molecule has 7 heteroatoms. The second-order valence-corrected chi connectivity index (χ2v) is 10.2. The third-order valence-corrected chi connectivity index (χ3v) is 6.88. The Hall–Kier alpha value is -3.15. The molecule has 0 unspecified atom stereocenters. The summed E-state index contributed by atoms with van der Waals surface area (Å²) in [5.74, 6) is 0.734. The average Bonchev–Trinajstić information content (AvgIpc) is 2.89. The maximum Gasteiger partial charge on any atom is 0.227 e. The fourth-order valence-electron chi connectivity index (χ4n) is 3.37. The fraction of sp³-hybridized carbons (Fsp3) is 0.323. The summed E-state index contributed by atoms with van der Waals surface area (Å²) < 4.78 is 19.6. The van der Waals surface area contributed by atoms with Crippen LogP contribution in [0.25, 0.3) is 21.5 Å². The van der Waals surface area contributed by atoms with E-state index >= 15 is 0 Å². The van der Waals surface area contributed by atoms with E-state index in [0.717, 1.165) is 29.0 Å². The molecule has 2 heterocycles. The molecule has 0 fully saturated rings. The Labute approximate surface area is 237 Å². The van der Waals surface area contributed by atoms with Gasteiger partial charge in [0.2, 0.25) is 5.88 Å². The Bertz CT molecular complexity index is 1420. The van der Waals surface area contributed by atoms with Gasteiger partial charge in [0.25, 0.3) is 0 Å². The molecule has 5 nitrogen and oxygen atoms in total. The largest absolute Gasteiger partial charge is 0.512 e. The average molecular weight is 694 g/mol. The number of aromatic nitrogens is 2. The number of aliphatic hydroxyl groups excluding tert-OH is 1. The number of aliphatic hydroxyl groups is 1. The molecule has 38 heavy (non-hydrogen) atoms. The van der Waals surface area contributed by atoms with Gasteiger partial charge >= 0.3 is 0 Å². The number of ketones is 1. The van der Waals surface area contributed by atoms with Crippen molar-refractivity contribution in [3.63, 3.8) is 0 Å². The monoisotopic (exact) mass is 694 g/mol. The molecular formula is C31H34FIrN2O3-. The zero-order valence-electron chi connectivity index (χ0n) is 22.6.